The second kappa shape index (κ2) is 14.2. The number of esters is 1. The van der Waals surface area contributed by atoms with E-state index >= 15 is 0 Å². The van der Waals surface area contributed by atoms with Crippen LogP contribution in [0, 0.1) is 17.5 Å². The van der Waals surface area contributed by atoms with E-state index in [1.54, 1.807) is 54.6 Å². The summed E-state index contributed by atoms with van der Waals surface area (Å²) in [6.07, 6.45) is 5.23. The van der Waals surface area contributed by atoms with Crippen molar-refractivity contribution >= 4 is 5.97 Å². The number of allylic oxidation sites excluding steroid dienone is 1. The Bertz CT molecular complexity index is 1480. The second-order valence-corrected chi connectivity index (χ2v) is 9.36. The molecule has 4 nitrogen and oxygen atoms in total. The molecule has 4 rings (SSSR count). The van der Waals surface area contributed by atoms with Crippen LogP contribution in [0.25, 0.3) is 22.3 Å². The van der Waals surface area contributed by atoms with Crippen molar-refractivity contribution in [3.63, 3.8) is 0 Å². The van der Waals surface area contributed by atoms with Gasteiger partial charge in [-0.25, -0.2) is 13.6 Å². The molecule has 0 aliphatic carbocycles. The molecule has 4 aromatic rings. The lowest BCUT2D eigenvalue weighted by molar-refractivity contribution is 0.0726. The maximum atomic E-state index is 14.9. The van der Waals surface area contributed by atoms with Gasteiger partial charge >= 0.3 is 5.97 Å². The van der Waals surface area contributed by atoms with Crippen LogP contribution >= 0.6 is 0 Å². The van der Waals surface area contributed by atoms with Gasteiger partial charge in [0.25, 0.3) is 0 Å². The van der Waals surface area contributed by atoms with Crippen molar-refractivity contribution in [3.05, 3.63) is 115 Å². The van der Waals surface area contributed by atoms with Crippen LogP contribution in [0.4, 0.5) is 13.2 Å². The first kappa shape index (κ1) is 29.5. The fraction of sp³-hybridized carbons (Fsp3) is 0.206. The van der Waals surface area contributed by atoms with Crippen LogP contribution < -0.4 is 14.2 Å². The van der Waals surface area contributed by atoms with E-state index in [-0.39, 0.29) is 16.9 Å². The molecule has 0 aliphatic heterocycles. The number of rotatable bonds is 13. The molecule has 0 saturated heterocycles. The highest BCUT2D eigenvalue weighted by Gasteiger charge is 2.19. The number of hydrogen-bond acceptors (Lipinski definition) is 4. The fourth-order valence-electron chi connectivity index (χ4n) is 4.06. The van der Waals surface area contributed by atoms with E-state index in [2.05, 4.69) is 13.5 Å². The van der Waals surface area contributed by atoms with Gasteiger partial charge in [-0.1, -0.05) is 49.8 Å². The first-order valence-electron chi connectivity index (χ1n) is 13.5. The molecule has 0 unspecified atom stereocenters. The van der Waals surface area contributed by atoms with Crippen molar-refractivity contribution in [2.75, 3.05) is 13.2 Å². The van der Waals surface area contributed by atoms with Gasteiger partial charge in [0.15, 0.2) is 23.1 Å². The van der Waals surface area contributed by atoms with Gasteiger partial charge in [0.2, 0.25) is 5.82 Å². The molecule has 0 N–H and O–H groups in total. The van der Waals surface area contributed by atoms with E-state index in [0.717, 1.165) is 25.7 Å². The molecule has 0 aliphatic rings. The Hall–Kier alpha value is -4.52. The van der Waals surface area contributed by atoms with E-state index < -0.39 is 29.2 Å². The predicted molar refractivity (Wildman–Crippen MR) is 154 cm³/mol. The minimum absolute atomic E-state index is 0.0344. The van der Waals surface area contributed by atoms with Gasteiger partial charge in [0.1, 0.15) is 5.75 Å². The molecule has 0 spiro atoms. The standard InChI is InChI=1S/C34H31F3O4/c1-3-5-7-21-40-30-18-14-26(22-29(30)35)23-8-10-25(11-9-23)34(38)41-31-19-17-28(32(36)33(31)37)24-12-15-27(16-13-24)39-20-6-4-2/h3,8-19,22H,1,4-7,20-21H2,2H3. The maximum absolute atomic E-state index is 14.9. The third kappa shape index (κ3) is 7.57. The van der Waals surface area contributed by atoms with Crippen molar-refractivity contribution in [2.45, 2.75) is 32.6 Å². The molecule has 0 saturated carbocycles. The van der Waals surface area contributed by atoms with E-state index in [4.69, 9.17) is 14.2 Å². The average molecular weight is 561 g/mol. The van der Waals surface area contributed by atoms with Gasteiger partial charge in [-0.3, -0.25) is 0 Å². The molecule has 7 heteroatoms. The summed E-state index contributed by atoms with van der Waals surface area (Å²) in [5.74, 6) is -3.46. The van der Waals surface area contributed by atoms with Gasteiger partial charge in [-0.05, 0) is 84.5 Å². The SMILES string of the molecule is C=CCCCOc1ccc(-c2ccc(C(=O)Oc3ccc(-c4ccc(OCCCC)cc4)c(F)c3F)cc2)cc1F. The number of carbonyl (C=O) groups is 1. The van der Waals surface area contributed by atoms with Gasteiger partial charge < -0.3 is 14.2 Å². The Morgan fingerprint density at radius 2 is 1.41 bits per heavy atom. The van der Waals surface area contributed by atoms with Crippen molar-refractivity contribution in [1.82, 2.24) is 0 Å². The molecule has 0 atom stereocenters. The normalized spacial score (nSPS) is 10.7. The largest absolute Gasteiger partial charge is 0.494 e. The van der Waals surface area contributed by atoms with Crippen molar-refractivity contribution in [2.24, 2.45) is 0 Å². The van der Waals surface area contributed by atoms with Gasteiger partial charge in [0, 0.05) is 5.56 Å². The van der Waals surface area contributed by atoms with Gasteiger partial charge in [0.05, 0.1) is 18.8 Å². The monoisotopic (exact) mass is 560 g/mol. The van der Waals surface area contributed by atoms with E-state index in [1.165, 1.54) is 30.3 Å². The minimum atomic E-state index is -1.27. The van der Waals surface area contributed by atoms with E-state index in [1.807, 2.05) is 0 Å². The number of unbranched alkanes of at least 4 members (excludes halogenated alkanes) is 2. The summed E-state index contributed by atoms with van der Waals surface area (Å²) < 4.78 is 60.5. The molecular formula is C34H31F3O4. The van der Waals surface area contributed by atoms with Gasteiger partial charge in [-0.2, -0.15) is 4.39 Å². The zero-order valence-electron chi connectivity index (χ0n) is 22.8. The van der Waals surface area contributed by atoms with E-state index in [9.17, 15) is 18.0 Å². The molecule has 0 fully saturated rings. The lowest BCUT2D eigenvalue weighted by Crippen LogP contribution is -2.10. The summed E-state index contributed by atoms with van der Waals surface area (Å²) in [4.78, 5) is 12.7. The average Bonchev–Trinajstić information content (AvgIpc) is 2.99. The summed E-state index contributed by atoms with van der Waals surface area (Å²) in [5, 5.41) is 0. The quantitative estimate of drug-likeness (QED) is 0.0708. The number of carbonyl (C=O) groups excluding carboxylic acids is 1. The Kier molecular flexibility index (Phi) is 10.2. The first-order valence-corrected chi connectivity index (χ1v) is 13.5. The Balaban J connectivity index is 1.41. The lowest BCUT2D eigenvalue weighted by atomic mass is 10.0. The Morgan fingerprint density at radius 3 is 2.10 bits per heavy atom. The molecule has 0 radical (unpaired) electrons. The summed E-state index contributed by atoms with van der Waals surface area (Å²) in [6, 6.07) is 20.1. The van der Waals surface area contributed by atoms with Crippen LogP contribution in [0.1, 0.15) is 43.0 Å². The Labute approximate surface area is 238 Å². The number of benzene rings is 4. The first-order chi connectivity index (χ1) is 19.9. The summed E-state index contributed by atoms with van der Waals surface area (Å²) in [6.45, 7) is 6.67. The van der Waals surface area contributed by atoms with Crippen LogP contribution in [0.3, 0.4) is 0 Å². The predicted octanol–water partition coefficient (Wildman–Crippen LogP) is 9.18. The van der Waals surface area contributed by atoms with Crippen molar-refractivity contribution in [1.29, 1.82) is 0 Å². The molecular weight excluding hydrogens is 529 g/mol. The van der Waals surface area contributed by atoms with Crippen LogP contribution in [-0.4, -0.2) is 19.2 Å². The summed E-state index contributed by atoms with van der Waals surface area (Å²) in [5.41, 5.74) is 1.86. The highest BCUT2D eigenvalue weighted by molar-refractivity contribution is 5.91. The number of ether oxygens (including phenoxy) is 3. The number of hydrogen-bond donors (Lipinski definition) is 0. The zero-order valence-corrected chi connectivity index (χ0v) is 22.8. The highest BCUT2D eigenvalue weighted by atomic mass is 19.2. The molecule has 0 amide bonds. The van der Waals surface area contributed by atoms with Gasteiger partial charge in [-0.15, -0.1) is 6.58 Å². The van der Waals surface area contributed by atoms with Crippen molar-refractivity contribution < 1.29 is 32.2 Å². The van der Waals surface area contributed by atoms with Crippen LogP contribution in [0.5, 0.6) is 17.2 Å². The fourth-order valence-corrected chi connectivity index (χ4v) is 4.06. The smallest absolute Gasteiger partial charge is 0.343 e. The van der Waals surface area contributed by atoms with Crippen molar-refractivity contribution in [3.8, 4) is 39.5 Å². The lowest BCUT2D eigenvalue weighted by Gasteiger charge is -2.11. The topological polar surface area (TPSA) is 44.8 Å². The summed E-state index contributed by atoms with van der Waals surface area (Å²) in [7, 11) is 0. The molecule has 41 heavy (non-hydrogen) atoms. The third-order valence-corrected chi connectivity index (χ3v) is 6.38. The highest BCUT2D eigenvalue weighted by Crippen LogP contribution is 2.32. The van der Waals surface area contributed by atoms with E-state index in [0.29, 0.717) is 35.7 Å². The van der Waals surface area contributed by atoms with Crippen LogP contribution in [-0.2, 0) is 0 Å². The number of halogens is 3. The molecule has 0 bridgehead atoms. The molecule has 212 valence electrons. The van der Waals surface area contributed by atoms with Crippen LogP contribution in [0.15, 0.2) is 91.5 Å². The Morgan fingerprint density at radius 1 is 0.756 bits per heavy atom. The molecule has 0 aromatic heterocycles. The third-order valence-electron chi connectivity index (χ3n) is 6.38. The molecule has 4 aromatic carbocycles. The van der Waals surface area contributed by atoms with Crippen LogP contribution in [0.2, 0.25) is 0 Å². The second-order valence-electron chi connectivity index (χ2n) is 9.36. The molecule has 0 heterocycles. The summed E-state index contributed by atoms with van der Waals surface area (Å²) >= 11 is 0. The maximum Gasteiger partial charge on any atom is 0.343 e. The zero-order chi connectivity index (χ0) is 29.2. The minimum Gasteiger partial charge on any atom is -0.494 e.